The van der Waals surface area contributed by atoms with Crippen LogP contribution in [0.5, 0.6) is 5.75 Å². The van der Waals surface area contributed by atoms with E-state index in [1.165, 1.54) is 22.3 Å². The van der Waals surface area contributed by atoms with Crippen molar-refractivity contribution in [2.75, 3.05) is 20.2 Å². The molecule has 0 fully saturated rings. The third-order valence-corrected chi connectivity index (χ3v) is 7.42. The monoisotopic (exact) mass is 554 g/mol. The summed E-state index contributed by atoms with van der Waals surface area (Å²) in [5.74, 6) is 0.748. The summed E-state index contributed by atoms with van der Waals surface area (Å²) in [6, 6.07) is 29.4. The summed E-state index contributed by atoms with van der Waals surface area (Å²) >= 11 is 0. The fourth-order valence-electron chi connectivity index (χ4n) is 5.08. The van der Waals surface area contributed by atoms with Gasteiger partial charge in [0, 0.05) is 19.9 Å². The molecule has 3 aromatic carbocycles. The molecule has 0 aliphatic rings. The maximum absolute atomic E-state index is 12.5. The minimum atomic E-state index is -0.217. The Kier molecular flexibility index (Phi) is 13.7. The van der Waals surface area contributed by atoms with E-state index in [4.69, 9.17) is 10.5 Å². The number of hydrogen-bond donors (Lipinski definition) is 1. The van der Waals surface area contributed by atoms with E-state index in [2.05, 4.69) is 73.7 Å². The third kappa shape index (κ3) is 10.9. The van der Waals surface area contributed by atoms with Crippen LogP contribution >= 0.6 is 0 Å². The Morgan fingerprint density at radius 3 is 1.76 bits per heavy atom. The largest absolute Gasteiger partial charge is 0.492 e. The number of carbonyl (C=O) groups excluding carboxylic acids is 2. The quantitative estimate of drug-likeness (QED) is 0.128. The van der Waals surface area contributed by atoms with Crippen molar-refractivity contribution in [2.45, 2.75) is 71.1 Å². The number of rotatable bonds is 18. The molecule has 0 aliphatic heterocycles. The molecule has 2 N–H and O–H groups in total. The average molecular weight is 555 g/mol. The van der Waals surface area contributed by atoms with Gasteiger partial charge >= 0.3 is 0 Å². The Labute approximate surface area is 246 Å². The van der Waals surface area contributed by atoms with Crippen LogP contribution in [0.15, 0.2) is 84.9 Å². The lowest BCUT2D eigenvalue weighted by molar-refractivity contribution is -0.130. The summed E-state index contributed by atoms with van der Waals surface area (Å²) in [6.45, 7) is 3.22. The lowest BCUT2D eigenvalue weighted by Crippen LogP contribution is -2.30. The normalized spacial score (nSPS) is 11.6. The molecule has 0 saturated heterocycles. The van der Waals surface area contributed by atoms with Crippen molar-refractivity contribution in [1.82, 2.24) is 4.90 Å². The van der Waals surface area contributed by atoms with E-state index >= 15 is 0 Å². The van der Waals surface area contributed by atoms with Gasteiger partial charge in [-0.2, -0.15) is 0 Å². The smallest absolute Gasteiger partial charge is 0.222 e. The van der Waals surface area contributed by atoms with Gasteiger partial charge in [-0.05, 0) is 59.2 Å². The second-order valence-corrected chi connectivity index (χ2v) is 10.6. The first-order valence-corrected chi connectivity index (χ1v) is 15.1. The van der Waals surface area contributed by atoms with Crippen LogP contribution in [0, 0.1) is 0 Å². The maximum Gasteiger partial charge on any atom is 0.222 e. The van der Waals surface area contributed by atoms with Crippen molar-refractivity contribution in [3.05, 3.63) is 102 Å². The molecule has 41 heavy (non-hydrogen) atoms. The van der Waals surface area contributed by atoms with E-state index in [1.807, 2.05) is 25.2 Å². The van der Waals surface area contributed by atoms with Gasteiger partial charge in [0.25, 0.3) is 0 Å². The average Bonchev–Trinajstić information content (AvgIpc) is 3.00. The van der Waals surface area contributed by atoms with Gasteiger partial charge in [0.05, 0.1) is 6.54 Å². The van der Waals surface area contributed by atoms with Gasteiger partial charge in [0.15, 0.2) is 0 Å². The first kappa shape index (κ1) is 31.7. The zero-order valence-corrected chi connectivity index (χ0v) is 24.8. The number of ether oxygens (including phenoxy) is 1. The third-order valence-electron chi connectivity index (χ3n) is 7.42. The summed E-state index contributed by atoms with van der Waals surface area (Å²) in [5.41, 5.74) is 11.3. The van der Waals surface area contributed by atoms with Crippen LogP contribution in [0.1, 0.15) is 87.8 Å². The molecular weight excluding hydrogens is 508 g/mol. The van der Waals surface area contributed by atoms with Crippen LogP contribution < -0.4 is 10.5 Å². The Hall–Kier alpha value is -3.86. The number of amides is 2. The molecule has 0 unspecified atom stereocenters. The Morgan fingerprint density at radius 2 is 1.20 bits per heavy atom. The van der Waals surface area contributed by atoms with Crippen LogP contribution in [-0.2, 0) is 9.59 Å². The summed E-state index contributed by atoms with van der Waals surface area (Å²) in [4.78, 5) is 25.0. The molecular formula is C36H46N2O3. The molecule has 0 atom stereocenters. The van der Waals surface area contributed by atoms with Gasteiger partial charge in [0.1, 0.15) is 12.4 Å². The van der Waals surface area contributed by atoms with Crippen molar-refractivity contribution in [1.29, 1.82) is 0 Å². The number of likely N-dealkylation sites (N-methyl/N-ethyl adjacent to an activating group) is 1. The fourth-order valence-corrected chi connectivity index (χ4v) is 5.08. The van der Waals surface area contributed by atoms with Crippen molar-refractivity contribution >= 4 is 23.0 Å². The van der Waals surface area contributed by atoms with Crippen molar-refractivity contribution in [3.63, 3.8) is 0 Å². The highest BCUT2D eigenvalue weighted by Crippen LogP contribution is 2.34. The summed E-state index contributed by atoms with van der Waals surface area (Å²) in [7, 11) is 1.85. The maximum atomic E-state index is 12.5. The van der Waals surface area contributed by atoms with Crippen molar-refractivity contribution in [3.8, 4) is 5.75 Å². The molecule has 0 spiro atoms. The molecule has 0 saturated carbocycles. The highest BCUT2D eigenvalue weighted by molar-refractivity contribution is 5.98. The van der Waals surface area contributed by atoms with Gasteiger partial charge in [-0.15, -0.1) is 0 Å². The molecule has 2 amide bonds. The summed E-state index contributed by atoms with van der Waals surface area (Å²) in [5, 5.41) is 0. The first-order chi connectivity index (χ1) is 20.0. The number of carbonyl (C=O) groups is 2. The molecule has 0 aromatic heterocycles. The predicted octanol–water partition coefficient (Wildman–Crippen LogP) is 7.89. The minimum Gasteiger partial charge on any atom is -0.492 e. The highest BCUT2D eigenvalue weighted by atomic mass is 16.5. The first-order valence-electron chi connectivity index (χ1n) is 15.1. The Bertz CT molecular complexity index is 1220. The minimum absolute atomic E-state index is 0.163. The van der Waals surface area contributed by atoms with Crippen LogP contribution in [-0.4, -0.2) is 36.9 Å². The standard InChI is InChI=1S/C36H46N2O3/c1-3-33(29-17-11-9-12-18-29)36(30-19-13-10-14-20-30)31-23-25-32(26-24-31)41-28-27-38(2)35(40)22-16-8-6-4-5-7-15-21-34(37)39/h9-14,17-20,23-26H,3-8,15-16,21-22,27-28H2,1-2H3,(H2,37,39)/b36-33-. The Morgan fingerprint density at radius 1 is 0.683 bits per heavy atom. The van der Waals surface area contributed by atoms with E-state index in [-0.39, 0.29) is 11.8 Å². The number of unbranched alkanes of at least 4 members (excludes halogenated alkanes) is 6. The number of hydrogen-bond acceptors (Lipinski definition) is 3. The van der Waals surface area contributed by atoms with Gasteiger partial charge < -0.3 is 15.4 Å². The summed E-state index contributed by atoms with van der Waals surface area (Å²) < 4.78 is 6.00. The number of primary amides is 1. The van der Waals surface area contributed by atoms with Crippen LogP contribution in [0.3, 0.4) is 0 Å². The molecule has 3 rings (SSSR count). The summed E-state index contributed by atoms with van der Waals surface area (Å²) in [6.07, 6.45) is 9.26. The lowest BCUT2D eigenvalue weighted by atomic mass is 9.88. The van der Waals surface area contributed by atoms with E-state index < -0.39 is 0 Å². The molecule has 0 aliphatic carbocycles. The predicted molar refractivity (Wildman–Crippen MR) is 169 cm³/mol. The lowest BCUT2D eigenvalue weighted by Gasteiger charge is -2.18. The zero-order valence-electron chi connectivity index (χ0n) is 24.8. The van der Waals surface area contributed by atoms with E-state index in [9.17, 15) is 9.59 Å². The van der Waals surface area contributed by atoms with Gasteiger partial charge in [-0.3, -0.25) is 9.59 Å². The Balaban J connectivity index is 1.47. The number of allylic oxidation sites excluding steroid dienone is 1. The topological polar surface area (TPSA) is 72.6 Å². The van der Waals surface area contributed by atoms with Gasteiger partial charge in [-0.1, -0.05) is 112 Å². The molecule has 0 radical (unpaired) electrons. The highest BCUT2D eigenvalue weighted by Gasteiger charge is 2.13. The van der Waals surface area contributed by atoms with Gasteiger partial charge in [-0.25, -0.2) is 0 Å². The van der Waals surface area contributed by atoms with E-state index in [1.54, 1.807) is 4.90 Å². The number of benzene rings is 3. The molecule has 5 nitrogen and oxygen atoms in total. The van der Waals surface area contributed by atoms with Crippen LogP contribution in [0.4, 0.5) is 0 Å². The molecule has 0 heterocycles. The SMILES string of the molecule is CC/C(=C(\c1ccccc1)c1ccc(OCCN(C)C(=O)CCCCCCCCCC(N)=O)cc1)c1ccccc1. The van der Waals surface area contributed by atoms with E-state index in [0.717, 1.165) is 62.7 Å². The molecule has 0 bridgehead atoms. The molecule has 5 heteroatoms. The number of nitrogens with two attached hydrogens (primary N) is 1. The molecule has 3 aromatic rings. The van der Waals surface area contributed by atoms with E-state index in [0.29, 0.717) is 26.0 Å². The zero-order chi connectivity index (χ0) is 29.3. The van der Waals surface area contributed by atoms with Crippen LogP contribution in [0.2, 0.25) is 0 Å². The van der Waals surface area contributed by atoms with Gasteiger partial charge in [0.2, 0.25) is 11.8 Å². The van der Waals surface area contributed by atoms with Crippen molar-refractivity contribution in [2.24, 2.45) is 5.73 Å². The number of nitrogens with zero attached hydrogens (tertiary/aromatic N) is 1. The second kappa shape index (κ2) is 17.8. The molecule has 218 valence electrons. The van der Waals surface area contributed by atoms with Crippen LogP contribution in [0.25, 0.3) is 11.1 Å². The fraction of sp³-hybridized carbons (Fsp3) is 0.389. The van der Waals surface area contributed by atoms with Crippen molar-refractivity contribution < 1.29 is 14.3 Å². The second-order valence-electron chi connectivity index (χ2n) is 10.6.